The summed E-state index contributed by atoms with van der Waals surface area (Å²) in [5.74, 6) is -4.45. The molecule has 0 atom stereocenters. The summed E-state index contributed by atoms with van der Waals surface area (Å²) in [5, 5.41) is 8.68. The van der Waals surface area contributed by atoms with E-state index in [1.54, 1.807) is 12.1 Å². The molecule has 0 spiro atoms. The van der Waals surface area contributed by atoms with Crippen molar-refractivity contribution in [1.29, 1.82) is 0 Å². The molecular formula is C22H19F5N2O3. The van der Waals surface area contributed by atoms with Gasteiger partial charge in [0, 0.05) is 18.3 Å². The maximum Gasteiger partial charge on any atom is 0.418 e. The van der Waals surface area contributed by atoms with E-state index >= 15 is 0 Å². The number of carbonyl (C=O) groups is 1. The second kappa shape index (κ2) is 9.37. The molecule has 170 valence electrons. The first kappa shape index (κ1) is 23.2. The van der Waals surface area contributed by atoms with Crippen LogP contribution in [0.1, 0.15) is 35.9 Å². The quantitative estimate of drug-likeness (QED) is 0.468. The third-order valence-corrected chi connectivity index (χ3v) is 4.85. The standard InChI is InChI=1S/C22H19F5N2O3/c1-2-14-5-6-15(11-28-14)29-10-9-16(22(25,26)27)17(29)12-32-18-7-3-13(4-8-19(30)31)20(23)21(18)24/h3,5-7,9-11H,2,4,8,12H2,1H3,(H,30,31). The number of carboxylic acids is 1. The number of alkyl halides is 3. The molecule has 0 saturated heterocycles. The minimum Gasteiger partial charge on any atom is -0.484 e. The van der Waals surface area contributed by atoms with Gasteiger partial charge in [0.05, 0.1) is 23.1 Å². The van der Waals surface area contributed by atoms with E-state index in [2.05, 4.69) is 4.98 Å². The van der Waals surface area contributed by atoms with Crippen molar-refractivity contribution >= 4 is 5.97 Å². The SMILES string of the molecule is CCc1ccc(-n2ccc(C(F)(F)F)c2COc2ccc(CCC(=O)O)c(F)c2F)cn1. The number of pyridine rings is 1. The second-order valence-corrected chi connectivity index (χ2v) is 6.94. The summed E-state index contributed by atoms with van der Waals surface area (Å²) in [4.78, 5) is 14.8. The van der Waals surface area contributed by atoms with E-state index in [4.69, 9.17) is 9.84 Å². The number of aromatic nitrogens is 2. The van der Waals surface area contributed by atoms with Crippen molar-refractivity contribution in [3.8, 4) is 11.4 Å². The van der Waals surface area contributed by atoms with Crippen LogP contribution in [0.2, 0.25) is 0 Å². The molecule has 32 heavy (non-hydrogen) atoms. The Bertz CT molecular complexity index is 1110. The molecule has 0 amide bonds. The third-order valence-electron chi connectivity index (χ3n) is 4.85. The monoisotopic (exact) mass is 454 g/mol. The predicted molar refractivity (Wildman–Crippen MR) is 105 cm³/mol. The molecule has 0 unspecified atom stereocenters. The average molecular weight is 454 g/mol. The first-order chi connectivity index (χ1) is 15.1. The van der Waals surface area contributed by atoms with Gasteiger partial charge in [0.25, 0.3) is 0 Å². The topological polar surface area (TPSA) is 64.3 Å². The van der Waals surface area contributed by atoms with Crippen molar-refractivity contribution in [3.05, 3.63) is 76.9 Å². The molecule has 0 aliphatic carbocycles. The fourth-order valence-electron chi connectivity index (χ4n) is 3.14. The van der Waals surface area contributed by atoms with Crippen molar-refractivity contribution in [2.75, 3.05) is 0 Å². The Balaban J connectivity index is 1.90. The highest BCUT2D eigenvalue weighted by molar-refractivity contribution is 5.67. The number of nitrogens with zero attached hydrogens (tertiary/aromatic N) is 2. The molecule has 0 saturated carbocycles. The lowest BCUT2D eigenvalue weighted by Gasteiger charge is -2.15. The van der Waals surface area contributed by atoms with Crippen LogP contribution in [-0.4, -0.2) is 20.6 Å². The molecule has 2 aromatic heterocycles. The van der Waals surface area contributed by atoms with Crippen LogP contribution in [0.3, 0.4) is 0 Å². The van der Waals surface area contributed by atoms with Crippen molar-refractivity contribution in [2.24, 2.45) is 0 Å². The molecule has 0 aliphatic heterocycles. The summed E-state index contributed by atoms with van der Waals surface area (Å²) in [5.41, 5.74) is -0.338. The van der Waals surface area contributed by atoms with Gasteiger partial charge in [0.2, 0.25) is 5.82 Å². The Morgan fingerprint density at radius 1 is 1.12 bits per heavy atom. The normalized spacial score (nSPS) is 11.6. The van der Waals surface area contributed by atoms with Crippen LogP contribution in [0, 0.1) is 11.6 Å². The highest BCUT2D eigenvalue weighted by Crippen LogP contribution is 2.35. The summed E-state index contributed by atoms with van der Waals surface area (Å²) in [6.45, 7) is 1.20. The van der Waals surface area contributed by atoms with Gasteiger partial charge in [-0.05, 0) is 42.7 Å². The second-order valence-electron chi connectivity index (χ2n) is 6.94. The molecule has 0 bridgehead atoms. The highest BCUT2D eigenvalue weighted by atomic mass is 19.4. The van der Waals surface area contributed by atoms with Crippen LogP contribution in [0.5, 0.6) is 5.75 Å². The molecule has 10 heteroatoms. The van der Waals surface area contributed by atoms with Gasteiger partial charge >= 0.3 is 12.1 Å². The minimum atomic E-state index is -4.69. The number of hydrogen-bond acceptors (Lipinski definition) is 3. The van der Waals surface area contributed by atoms with Crippen molar-refractivity contribution in [3.63, 3.8) is 0 Å². The molecule has 0 aliphatic rings. The van der Waals surface area contributed by atoms with Crippen LogP contribution >= 0.6 is 0 Å². The lowest BCUT2D eigenvalue weighted by atomic mass is 10.1. The molecule has 1 aromatic carbocycles. The van der Waals surface area contributed by atoms with E-state index in [9.17, 15) is 26.7 Å². The third kappa shape index (κ3) is 5.06. The van der Waals surface area contributed by atoms with E-state index in [0.717, 1.165) is 23.9 Å². The smallest absolute Gasteiger partial charge is 0.418 e. The number of rotatable bonds is 8. The van der Waals surface area contributed by atoms with E-state index in [1.165, 1.54) is 17.0 Å². The first-order valence-corrected chi connectivity index (χ1v) is 9.66. The van der Waals surface area contributed by atoms with Crippen LogP contribution in [0.25, 0.3) is 5.69 Å². The number of carboxylic acid groups (broad SMARTS) is 1. The zero-order valence-electron chi connectivity index (χ0n) is 16.9. The molecule has 1 N–H and O–H groups in total. The molecule has 2 heterocycles. The predicted octanol–water partition coefficient (Wildman–Crippen LogP) is 5.33. The number of benzene rings is 1. The maximum atomic E-state index is 14.4. The highest BCUT2D eigenvalue weighted by Gasteiger charge is 2.36. The van der Waals surface area contributed by atoms with Crippen LogP contribution in [-0.2, 0) is 30.4 Å². The Morgan fingerprint density at radius 3 is 2.47 bits per heavy atom. The van der Waals surface area contributed by atoms with Crippen molar-refractivity contribution in [1.82, 2.24) is 9.55 Å². The number of hydrogen-bond donors (Lipinski definition) is 1. The van der Waals surface area contributed by atoms with Crippen molar-refractivity contribution in [2.45, 2.75) is 39.0 Å². The summed E-state index contributed by atoms with van der Waals surface area (Å²) in [6, 6.07) is 6.37. The average Bonchev–Trinajstić information content (AvgIpc) is 3.18. The summed E-state index contributed by atoms with van der Waals surface area (Å²) >= 11 is 0. The van der Waals surface area contributed by atoms with Gasteiger partial charge in [-0.2, -0.15) is 17.6 Å². The Morgan fingerprint density at radius 2 is 1.88 bits per heavy atom. The zero-order valence-corrected chi connectivity index (χ0v) is 16.9. The lowest BCUT2D eigenvalue weighted by Crippen LogP contribution is -2.13. The van der Waals surface area contributed by atoms with Crippen LogP contribution in [0.15, 0.2) is 42.7 Å². The summed E-state index contributed by atoms with van der Waals surface area (Å²) in [6.07, 6.45) is -2.05. The van der Waals surface area contributed by atoms with E-state index in [0.29, 0.717) is 12.1 Å². The summed E-state index contributed by atoms with van der Waals surface area (Å²) < 4.78 is 75.5. The maximum absolute atomic E-state index is 14.4. The van der Waals surface area contributed by atoms with Crippen LogP contribution < -0.4 is 4.74 Å². The van der Waals surface area contributed by atoms with E-state index in [-0.39, 0.29) is 17.7 Å². The Labute approximate surface area is 180 Å². The fraction of sp³-hybridized carbons (Fsp3) is 0.273. The van der Waals surface area contributed by atoms with Crippen LogP contribution in [0.4, 0.5) is 22.0 Å². The van der Waals surface area contributed by atoms with Gasteiger partial charge in [-0.1, -0.05) is 13.0 Å². The van der Waals surface area contributed by atoms with Crippen molar-refractivity contribution < 1.29 is 36.6 Å². The molecule has 5 nitrogen and oxygen atoms in total. The zero-order chi connectivity index (χ0) is 23.5. The number of halogens is 5. The summed E-state index contributed by atoms with van der Waals surface area (Å²) in [7, 11) is 0. The molecule has 3 aromatic rings. The fourth-order valence-corrected chi connectivity index (χ4v) is 3.14. The van der Waals surface area contributed by atoms with Gasteiger partial charge < -0.3 is 14.4 Å². The van der Waals surface area contributed by atoms with Gasteiger partial charge in [-0.25, -0.2) is 4.39 Å². The molecule has 0 radical (unpaired) electrons. The number of aliphatic carboxylic acids is 1. The molecule has 0 fully saturated rings. The minimum absolute atomic E-state index is 0.168. The van der Waals surface area contributed by atoms with Gasteiger partial charge in [-0.15, -0.1) is 0 Å². The number of ether oxygens (including phenoxy) is 1. The van der Waals surface area contributed by atoms with E-state index in [1.807, 2.05) is 6.92 Å². The Hall–Kier alpha value is -3.43. The largest absolute Gasteiger partial charge is 0.484 e. The van der Waals surface area contributed by atoms with Gasteiger partial charge in [0.15, 0.2) is 11.6 Å². The first-order valence-electron chi connectivity index (χ1n) is 9.66. The number of aryl methyl sites for hydroxylation is 2. The van der Waals surface area contributed by atoms with Gasteiger partial charge in [0.1, 0.15) is 6.61 Å². The Kier molecular flexibility index (Phi) is 6.81. The molecular weight excluding hydrogens is 435 g/mol. The van der Waals surface area contributed by atoms with E-state index < -0.39 is 48.1 Å². The van der Waals surface area contributed by atoms with Gasteiger partial charge in [-0.3, -0.25) is 9.78 Å². The molecule has 3 rings (SSSR count). The lowest BCUT2D eigenvalue weighted by molar-refractivity contribution is -0.139.